The van der Waals surface area contributed by atoms with E-state index in [2.05, 4.69) is 11.9 Å². The van der Waals surface area contributed by atoms with Crippen molar-refractivity contribution in [2.24, 2.45) is 5.73 Å². The smallest absolute Gasteiger partial charge is 0.328 e. The first-order valence-corrected chi connectivity index (χ1v) is 5.92. The summed E-state index contributed by atoms with van der Waals surface area (Å²) in [6, 6.07) is -0.765. The molecule has 0 rings (SSSR count). The fourth-order valence-corrected chi connectivity index (χ4v) is 1.57. The Bertz CT molecular complexity index is 307. The van der Waals surface area contributed by atoms with Gasteiger partial charge >= 0.3 is 5.97 Å². The SMILES string of the molecule is C=CCOC(=O)[C@H](CCSC(N)=O)NC(C)=O. The molecule has 0 radical (unpaired) electrons. The Hall–Kier alpha value is -1.50. The number of thioether (sulfide) groups is 1. The second-order valence-corrected chi connectivity index (χ2v) is 4.23. The number of rotatable bonds is 7. The van der Waals surface area contributed by atoms with Gasteiger partial charge in [-0.05, 0) is 6.42 Å². The summed E-state index contributed by atoms with van der Waals surface area (Å²) in [6.45, 7) is 4.79. The average Bonchev–Trinajstić information content (AvgIpc) is 2.23. The number of hydrogen-bond acceptors (Lipinski definition) is 5. The van der Waals surface area contributed by atoms with Gasteiger partial charge in [-0.2, -0.15) is 0 Å². The Balaban J connectivity index is 4.20. The van der Waals surface area contributed by atoms with Crippen LogP contribution in [0.3, 0.4) is 0 Å². The molecule has 7 heteroatoms. The molecular weight excluding hydrogens is 244 g/mol. The highest BCUT2D eigenvalue weighted by Gasteiger charge is 2.20. The summed E-state index contributed by atoms with van der Waals surface area (Å²) in [4.78, 5) is 32.9. The molecule has 0 aliphatic carbocycles. The lowest BCUT2D eigenvalue weighted by Crippen LogP contribution is -2.41. The third-order valence-electron chi connectivity index (χ3n) is 1.66. The minimum Gasteiger partial charge on any atom is -0.460 e. The van der Waals surface area contributed by atoms with Crippen molar-refractivity contribution >= 4 is 28.9 Å². The van der Waals surface area contributed by atoms with E-state index in [1.54, 1.807) is 0 Å². The van der Waals surface area contributed by atoms with E-state index >= 15 is 0 Å². The molecular formula is C10H16N2O4S. The van der Waals surface area contributed by atoms with Crippen molar-refractivity contribution < 1.29 is 19.1 Å². The zero-order valence-electron chi connectivity index (χ0n) is 9.60. The molecule has 0 saturated heterocycles. The molecule has 0 aromatic heterocycles. The average molecular weight is 260 g/mol. The summed E-state index contributed by atoms with van der Waals surface area (Å²) >= 11 is 0.888. The van der Waals surface area contributed by atoms with E-state index in [-0.39, 0.29) is 18.9 Å². The van der Waals surface area contributed by atoms with Crippen LogP contribution in [0.25, 0.3) is 0 Å². The summed E-state index contributed by atoms with van der Waals surface area (Å²) in [5, 5.41) is 1.93. The molecule has 2 amide bonds. The van der Waals surface area contributed by atoms with E-state index in [1.807, 2.05) is 0 Å². The lowest BCUT2D eigenvalue weighted by Gasteiger charge is -2.15. The molecule has 0 spiro atoms. The topological polar surface area (TPSA) is 98.5 Å². The molecule has 6 nitrogen and oxygen atoms in total. The van der Waals surface area contributed by atoms with E-state index in [9.17, 15) is 14.4 Å². The number of carbonyl (C=O) groups is 3. The largest absolute Gasteiger partial charge is 0.460 e. The first kappa shape index (κ1) is 15.5. The Morgan fingerprint density at radius 3 is 2.65 bits per heavy atom. The van der Waals surface area contributed by atoms with Crippen molar-refractivity contribution in [2.75, 3.05) is 12.4 Å². The second kappa shape index (κ2) is 8.63. The van der Waals surface area contributed by atoms with Gasteiger partial charge in [0.05, 0.1) is 0 Å². The third kappa shape index (κ3) is 8.32. The van der Waals surface area contributed by atoms with Crippen LogP contribution in [0.5, 0.6) is 0 Å². The maximum Gasteiger partial charge on any atom is 0.328 e. The monoisotopic (exact) mass is 260 g/mol. The second-order valence-electron chi connectivity index (χ2n) is 3.13. The summed E-state index contributed by atoms with van der Waals surface area (Å²) in [5.41, 5.74) is 4.94. The van der Waals surface area contributed by atoms with Gasteiger partial charge in [-0.15, -0.1) is 0 Å². The molecule has 0 aromatic carbocycles. The highest BCUT2D eigenvalue weighted by atomic mass is 32.2. The van der Waals surface area contributed by atoms with Crippen LogP contribution in [0.4, 0.5) is 4.79 Å². The van der Waals surface area contributed by atoms with Crippen LogP contribution in [-0.4, -0.2) is 35.5 Å². The lowest BCUT2D eigenvalue weighted by atomic mass is 10.2. The Morgan fingerprint density at radius 1 is 1.53 bits per heavy atom. The van der Waals surface area contributed by atoms with Crippen molar-refractivity contribution in [1.82, 2.24) is 5.32 Å². The van der Waals surface area contributed by atoms with Gasteiger partial charge in [0, 0.05) is 12.7 Å². The van der Waals surface area contributed by atoms with Crippen molar-refractivity contribution in [3.8, 4) is 0 Å². The Morgan fingerprint density at radius 2 is 2.18 bits per heavy atom. The quantitative estimate of drug-likeness (QED) is 0.510. The van der Waals surface area contributed by atoms with E-state index in [1.165, 1.54) is 13.0 Å². The molecule has 0 aliphatic heterocycles. The Labute approximate surface area is 104 Å². The maximum atomic E-state index is 11.5. The van der Waals surface area contributed by atoms with Crippen LogP contribution in [0, 0.1) is 0 Å². The van der Waals surface area contributed by atoms with Gasteiger partial charge in [0.15, 0.2) is 0 Å². The molecule has 0 bridgehead atoms. The minimum absolute atomic E-state index is 0.0812. The van der Waals surface area contributed by atoms with E-state index in [4.69, 9.17) is 10.5 Å². The zero-order valence-corrected chi connectivity index (χ0v) is 10.4. The van der Waals surface area contributed by atoms with Crippen molar-refractivity contribution in [1.29, 1.82) is 0 Å². The van der Waals surface area contributed by atoms with E-state index < -0.39 is 17.3 Å². The Kier molecular flexibility index (Phi) is 7.87. The maximum absolute atomic E-state index is 11.5. The number of esters is 1. The summed E-state index contributed by atoms with van der Waals surface area (Å²) in [7, 11) is 0. The number of ether oxygens (including phenoxy) is 1. The van der Waals surface area contributed by atoms with Crippen LogP contribution in [0.1, 0.15) is 13.3 Å². The predicted octanol–water partition coefficient (Wildman–Crippen LogP) is 0.422. The van der Waals surface area contributed by atoms with Crippen LogP contribution in [0.15, 0.2) is 12.7 Å². The number of primary amides is 1. The van der Waals surface area contributed by atoms with Gasteiger partial charge in [0.25, 0.3) is 5.24 Å². The van der Waals surface area contributed by atoms with E-state index in [0.717, 1.165) is 11.8 Å². The molecule has 0 saturated carbocycles. The molecule has 96 valence electrons. The van der Waals surface area contributed by atoms with Gasteiger partial charge in [0.2, 0.25) is 5.91 Å². The van der Waals surface area contributed by atoms with Crippen molar-refractivity contribution in [3.63, 3.8) is 0 Å². The standard InChI is InChI=1S/C10H16N2O4S/c1-3-5-16-9(14)8(12-7(2)13)4-6-17-10(11)15/h3,8H,1,4-6H2,2H3,(H2,11,15)(H,12,13)/t8-/m0/s1. The highest BCUT2D eigenvalue weighted by Crippen LogP contribution is 2.06. The fourth-order valence-electron chi connectivity index (χ4n) is 1.01. The van der Waals surface area contributed by atoms with Gasteiger partial charge in [-0.3, -0.25) is 9.59 Å². The molecule has 0 aliphatic rings. The number of carbonyl (C=O) groups excluding carboxylic acids is 3. The van der Waals surface area contributed by atoms with E-state index in [0.29, 0.717) is 5.75 Å². The van der Waals surface area contributed by atoms with Crippen molar-refractivity contribution in [3.05, 3.63) is 12.7 Å². The minimum atomic E-state index is -0.765. The van der Waals surface area contributed by atoms with Crippen LogP contribution >= 0.6 is 11.8 Å². The van der Waals surface area contributed by atoms with Crippen LogP contribution < -0.4 is 11.1 Å². The number of amides is 2. The van der Waals surface area contributed by atoms with Crippen molar-refractivity contribution in [2.45, 2.75) is 19.4 Å². The highest BCUT2D eigenvalue weighted by molar-refractivity contribution is 8.13. The third-order valence-corrected chi connectivity index (χ3v) is 2.38. The van der Waals surface area contributed by atoms with Crippen LogP contribution in [-0.2, 0) is 14.3 Å². The molecule has 0 heterocycles. The summed E-state index contributed by atoms with van der Waals surface area (Å²) in [5.74, 6) is -0.552. The summed E-state index contributed by atoms with van der Waals surface area (Å²) < 4.78 is 4.81. The molecule has 0 unspecified atom stereocenters. The molecule has 0 fully saturated rings. The van der Waals surface area contributed by atoms with Crippen LogP contribution in [0.2, 0.25) is 0 Å². The van der Waals surface area contributed by atoms with Gasteiger partial charge in [-0.25, -0.2) is 4.79 Å². The summed E-state index contributed by atoms with van der Waals surface area (Å²) in [6.07, 6.45) is 1.71. The number of nitrogens with two attached hydrogens (primary N) is 1. The number of hydrogen-bond donors (Lipinski definition) is 2. The zero-order chi connectivity index (χ0) is 13.3. The van der Waals surface area contributed by atoms with Gasteiger partial charge < -0.3 is 15.8 Å². The fraction of sp³-hybridized carbons (Fsp3) is 0.500. The molecule has 3 N–H and O–H groups in total. The lowest BCUT2D eigenvalue weighted by molar-refractivity contribution is -0.146. The first-order chi connectivity index (χ1) is 7.97. The van der Waals surface area contributed by atoms with Gasteiger partial charge in [0.1, 0.15) is 12.6 Å². The molecule has 17 heavy (non-hydrogen) atoms. The molecule has 0 aromatic rings. The molecule has 1 atom stereocenters. The first-order valence-electron chi connectivity index (χ1n) is 4.94. The normalized spacial score (nSPS) is 11.4. The predicted molar refractivity (Wildman–Crippen MR) is 65.4 cm³/mol. The van der Waals surface area contributed by atoms with Gasteiger partial charge in [-0.1, -0.05) is 24.4 Å². The number of nitrogens with one attached hydrogen (secondary N) is 1.